The summed E-state index contributed by atoms with van der Waals surface area (Å²) in [6.45, 7) is 3.78. The Morgan fingerprint density at radius 3 is 2.73 bits per heavy atom. The van der Waals surface area contributed by atoms with Gasteiger partial charge in [-0.15, -0.1) is 0 Å². The summed E-state index contributed by atoms with van der Waals surface area (Å²) in [7, 11) is 0. The van der Waals surface area contributed by atoms with Crippen molar-refractivity contribution < 1.29 is 10.0 Å². The zero-order chi connectivity index (χ0) is 20.9. The number of hydrogen-bond donors (Lipinski definition) is 3. The molecule has 1 aliphatic carbocycles. The van der Waals surface area contributed by atoms with Crippen molar-refractivity contribution in [2.45, 2.75) is 25.7 Å². The molecule has 1 aromatic carbocycles. The first kappa shape index (κ1) is 20.8. The Bertz CT molecular complexity index is 924. The molecule has 0 unspecified atom stereocenters. The molecular formula is C22H26ClN5O2. The second-order valence-electron chi connectivity index (χ2n) is 7.83. The topological polar surface area (TPSA) is 90.4 Å². The summed E-state index contributed by atoms with van der Waals surface area (Å²) in [5.74, 6) is 0.660. The highest BCUT2D eigenvalue weighted by Crippen LogP contribution is 2.31. The summed E-state index contributed by atoms with van der Waals surface area (Å²) in [5, 5.41) is 13.1. The monoisotopic (exact) mass is 427 g/mol. The Labute approximate surface area is 181 Å². The van der Waals surface area contributed by atoms with E-state index in [0.29, 0.717) is 11.9 Å². The van der Waals surface area contributed by atoms with Crippen LogP contribution in [-0.4, -0.2) is 47.3 Å². The van der Waals surface area contributed by atoms with Crippen LogP contribution >= 0.6 is 11.6 Å². The SMILES string of the molecule is O=C(NO)c1cnc(N2CCC(CNCCC3=CCc4ccc(Cl)cc43)CC2)nc1. The fraction of sp³-hybridized carbons (Fsp3) is 0.409. The molecule has 0 saturated carbocycles. The molecule has 1 saturated heterocycles. The summed E-state index contributed by atoms with van der Waals surface area (Å²) >= 11 is 6.15. The van der Waals surface area contributed by atoms with Gasteiger partial charge >= 0.3 is 0 Å². The van der Waals surface area contributed by atoms with Crippen LogP contribution in [0, 0.1) is 5.92 Å². The number of anilines is 1. The molecule has 30 heavy (non-hydrogen) atoms. The largest absolute Gasteiger partial charge is 0.341 e. The minimum Gasteiger partial charge on any atom is -0.341 e. The zero-order valence-electron chi connectivity index (χ0n) is 16.8. The first-order chi connectivity index (χ1) is 14.6. The molecule has 1 amide bonds. The Morgan fingerprint density at radius 1 is 1.23 bits per heavy atom. The molecule has 0 radical (unpaired) electrons. The van der Waals surface area contributed by atoms with Crippen molar-refractivity contribution in [2.24, 2.45) is 5.92 Å². The summed E-state index contributed by atoms with van der Waals surface area (Å²) in [6, 6.07) is 6.17. The van der Waals surface area contributed by atoms with Gasteiger partial charge < -0.3 is 10.2 Å². The van der Waals surface area contributed by atoms with Crippen molar-refractivity contribution in [2.75, 3.05) is 31.1 Å². The Hall–Kier alpha value is -2.48. The summed E-state index contributed by atoms with van der Waals surface area (Å²) in [4.78, 5) is 22.0. The van der Waals surface area contributed by atoms with Crippen LogP contribution < -0.4 is 15.7 Å². The van der Waals surface area contributed by atoms with Gasteiger partial charge in [-0.2, -0.15) is 0 Å². The normalized spacial score (nSPS) is 16.3. The van der Waals surface area contributed by atoms with Crippen molar-refractivity contribution in [1.82, 2.24) is 20.8 Å². The lowest BCUT2D eigenvalue weighted by molar-refractivity contribution is 0.0705. The number of amides is 1. The minimum absolute atomic E-state index is 0.239. The van der Waals surface area contributed by atoms with Gasteiger partial charge in [0, 0.05) is 30.5 Å². The number of nitrogens with zero attached hydrogens (tertiary/aromatic N) is 3. The molecule has 3 N–H and O–H groups in total. The van der Waals surface area contributed by atoms with Crippen molar-refractivity contribution >= 4 is 29.0 Å². The van der Waals surface area contributed by atoms with Gasteiger partial charge in [-0.25, -0.2) is 15.4 Å². The lowest BCUT2D eigenvalue weighted by Crippen LogP contribution is -2.38. The number of nitrogens with one attached hydrogen (secondary N) is 2. The number of fused-ring (bicyclic) bond motifs is 1. The number of hydrogen-bond acceptors (Lipinski definition) is 6. The molecule has 1 aromatic heterocycles. The molecule has 0 atom stereocenters. The maximum atomic E-state index is 11.4. The van der Waals surface area contributed by atoms with Crippen LogP contribution in [0.5, 0.6) is 0 Å². The van der Waals surface area contributed by atoms with Gasteiger partial charge in [0.05, 0.1) is 5.56 Å². The highest BCUT2D eigenvalue weighted by molar-refractivity contribution is 6.30. The molecule has 2 aromatic rings. The molecule has 8 heteroatoms. The summed E-state index contributed by atoms with van der Waals surface area (Å²) < 4.78 is 0. The van der Waals surface area contributed by atoms with E-state index in [9.17, 15) is 4.79 Å². The van der Waals surface area contributed by atoms with Gasteiger partial charge in [0.1, 0.15) is 0 Å². The number of aromatic nitrogens is 2. The van der Waals surface area contributed by atoms with E-state index < -0.39 is 5.91 Å². The minimum atomic E-state index is -0.605. The van der Waals surface area contributed by atoms with E-state index in [1.165, 1.54) is 29.1 Å². The summed E-state index contributed by atoms with van der Waals surface area (Å²) in [5.41, 5.74) is 5.89. The molecule has 1 aliphatic heterocycles. The number of halogens is 1. The highest BCUT2D eigenvalue weighted by Gasteiger charge is 2.21. The number of piperidine rings is 1. The lowest BCUT2D eigenvalue weighted by atomic mass is 9.97. The van der Waals surface area contributed by atoms with Crippen molar-refractivity contribution in [1.29, 1.82) is 0 Å². The number of carbonyl (C=O) groups excluding carboxylic acids is 1. The van der Waals surface area contributed by atoms with Crippen LogP contribution in [0.1, 0.15) is 40.7 Å². The maximum Gasteiger partial charge on any atom is 0.277 e. The standard InChI is InChI=1S/C22H26ClN5O2/c23-19-4-3-16-1-2-17(20(16)11-19)5-8-24-12-15-6-9-28(10-7-15)22-25-13-18(14-26-22)21(29)27-30/h2-4,11,13-15,24,30H,1,5-10,12H2,(H,27,29). The van der Waals surface area contributed by atoms with Crippen molar-refractivity contribution in [3.05, 3.63) is 58.4 Å². The maximum absolute atomic E-state index is 11.4. The molecular weight excluding hydrogens is 402 g/mol. The lowest BCUT2D eigenvalue weighted by Gasteiger charge is -2.32. The molecule has 0 bridgehead atoms. The molecule has 2 heterocycles. The van der Waals surface area contributed by atoms with Gasteiger partial charge in [-0.05, 0) is 73.5 Å². The van der Waals surface area contributed by atoms with Crippen molar-refractivity contribution in [3.8, 4) is 0 Å². The van der Waals surface area contributed by atoms with Gasteiger partial charge in [0.15, 0.2) is 0 Å². The van der Waals surface area contributed by atoms with E-state index in [4.69, 9.17) is 16.8 Å². The highest BCUT2D eigenvalue weighted by atomic mass is 35.5. The van der Waals surface area contributed by atoms with Gasteiger partial charge in [-0.3, -0.25) is 10.0 Å². The fourth-order valence-corrected chi connectivity index (χ4v) is 4.31. The second-order valence-corrected chi connectivity index (χ2v) is 8.27. The van der Waals surface area contributed by atoms with E-state index in [1.807, 2.05) is 6.07 Å². The van der Waals surface area contributed by atoms with Gasteiger partial charge in [-0.1, -0.05) is 23.7 Å². The number of benzene rings is 1. The predicted octanol–water partition coefficient (Wildman–Crippen LogP) is 3.08. The third-order valence-electron chi connectivity index (χ3n) is 5.89. The number of hydroxylamine groups is 1. The van der Waals surface area contributed by atoms with Crippen LogP contribution in [0.4, 0.5) is 5.95 Å². The summed E-state index contributed by atoms with van der Waals surface area (Å²) in [6.07, 6.45) is 9.38. The second kappa shape index (κ2) is 9.55. The van der Waals surface area contributed by atoms with Crippen LogP contribution in [0.15, 0.2) is 36.7 Å². The Balaban J connectivity index is 1.18. The van der Waals surface area contributed by atoms with Gasteiger partial charge in [0.2, 0.25) is 5.95 Å². The van der Waals surface area contributed by atoms with Crippen LogP contribution in [0.2, 0.25) is 5.02 Å². The third-order valence-corrected chi connectivity index (χ3v) is 6.12. The van der Waals surface area contributed by atoms with E-state index >= 15 is 0 Å². The van der Waals surface area contributed by atoms with E-state index in [0.717, 1.165) is 56.9 Å². The Kier molecular flexibility index (Phi) is 6.62. The predicted molar refractivity (Wildman–Crippen MR) is 117 cm³/mol. The fourth-order valence-electron chi connectivity index (χ4n) is 4.14. The average molecular weight is 428 g/mol. The van der Waals surface area contributed by atoms with E-state index in [2.05, 4.69) is 38.4 Å². The third kappa shape index (κ3) is 4.80. The smallest absolute Gasteiger partial charge is 0.277 e. The van der Waals surface area contributed by atoms with Crippen LogP contribution in [-0.2, 0) is 6.42 Å². The molecule has 1 fully saturated rings. The first-order valence-corrected chi connectivity index (χ1v) is 10.7. The number of rotatable bonds is 7. The van der Waals surface area contributed by atoms with Gasteiger partial charge in [0.25, 0.3) is 5.91 Å². The molecule has 2 aliphatic rings. The molecule has 4 rings (SSSR count). The zero-order valence-corrected chi connectivity index (χ0v) is 17.5. The molecule has 0 spiro atoms. The first-order valence-electron chi connectivity index (χ1n) is 10.3. The average Bonchev–Trinajstić information content (AvgIpc) is 3.18. The number of carbonyl (C=O) groups is 1. The van der Waals surface area contributed by atoms with Crippen LogP contribution in [0.3, 0.4) is 0 Å². The quantitative estimate of drug-likeness (QED) is 0.357. The molecule has 7 nitrogen and oxygen atoms in total. The van der Waals surface area contributed by atoms with E-state index in [1.54, 1.807) is 5.48 Å². The van der Waals surface area contributed by atoms with Crippen molar-refractivity contribution in [3.63, 3.8) is 0 Å². The van der Waals surface area contributed by atoms with E-state index in [-0.39, 0.29) is 5.56 Å². The Morgan fingerprint density at radius 2 is 2.00 bits per heavy atom. The number of allylic oxidation sites excluding steroid dienone is 1. The van der Waals surface area contributed by atoms with Crippen LogP contribution in [0.25, 0.3) is 5.57 Å². The molecule has 158 valence electrons.